The first-order chi connectivity index (χ1) is 14.5. The molecule has 1 saturated heterocycles. The molecule has 1 aromatic heterocycles. The third-order valence-corrected chi connectivity index (χ3v) is 5.74. The molecule has 160 valence electrons. The number of nitrogens with zero attached hydrogens (tertiary/aromatic N) is 3. The monoisotopic (exact) mass is 411 g/mol. The van der Waals surface area contributed by atoms with Gasteiger partial charge in [0.2, 0.25) is 5.82 Å². The van der Waals surface area contributed by atoms with E-state index in [1.807, 2.05) is 17.0 Å². The summed E-state index contributed by atoms with van der Waals surface area (Å²) in [4.78, 5) is 10.0. The fourth-order valence-corrected chi connectivity index (χ4v) is 3.87. The van der Waals surface area contributed by atoms with Crippen molar-refractivity contribution in [2.75, 3.05) is 24.6 Å². The Labute approximate surface area is 177 Å². The van der Waals surface area contributed by atoms with Crippen LogP contribution in [-0.2, 0) is 0 Å². The van der Waals surface area contributed by atoms with Crippen LogP contribution in [0.4, 0.5) is 10.2 Å². The molecular formula is C24H30FN3O2. The summed E-state index contributed by atoms with van der Waals surface area (Å²) in [5, 5.41) is 0. The Morgan fingerprint density at radius 1 is 1.23 bits per heavy atom. The summed E-state index contributed by atoms with van der Waals surface area (Å²) in [5.74, 6) is 1.69. The van der Waals surface area contributed by atoms with E-state index in [0.29, 0.717) is 37.4 Å². The molecule has 0 N–H and O–H groups in total. The summed E-state index contributed by atoms with van der Waals surface area (Å²) in [6, 6.07) is 8.26. The molecule has 1 aliphatic carbocycles. The number of halogens is 1. The smallest absolute Gasteiger partial charge is 0.255 e. The number of anilines is 1. The standard InChI is InChI=1S/C24H30FN3O2/c1-16(2)12-17(3)19-6-8-20(9-7-19)30-21-10-11-28(13-21)23-22(25)24(27-15-26-23)29-14-18-4-5-18/h6-9,15,17-18,21H,1,4-5,10-14H2,2-3H3/t17-,21?/m1/s1. The number of ether oxygens (including phenoxy) is 2. The van der Waals surface area contributed by atoms with Crippen molar-refractivity contribution >= 4 is 5.82 Å². The summed E-state index contributed by atoms with van der Waals surface area (Å²) >= 11 is 0. The Hall–Kier alpha value is -2.63. The predicted octanol–water partition coefficient (Wildman–Crippen LogP) is 5.13. The molecule has 6 heteroatoms. The van der Waals surface area contributed by atoms with Crippen LogP contribution in [0.2, 0.25) is 0 Å². The van der Waals surface area contributed by atoms with Gasteiger partial charge >= 0.3 is 0 Å². The maximum Gasteiger partial charge on any atom is 0.255 e. The van der Waals surface area contributed by atoms with Crippen LogP contribution in [-0.4, -0.2) is 35.8 Å². The molecule has 30 heavy (non-hydrogen) atoms. The lowest BCUT2D eigenvalue weighted by molar-refractivity contribution is 0.224. The zero-order chi connectivity index (χ0) is 21.1. The zero-order valence-electron chi connectivity index (χ0n) is 17.8. The highest BCUT2D eigenvalue weighted by molar-refractivity contribution is 5.44. The molecule has 2 aliphatic rings. The molecule has 0 spiro atoms. The van der Waals surface area contributed by atoms with Crippen molar-refractivity contribution in [2.24, 2.45) is 5.92 Å². The molecule has 2 fully saturated rings. The minimum absolute atomic E-state index is 0.00566. The van der Waals surface area contributed by atoms with Crippen LogP contribution in [0.5, 0.6) is 11.6 Å². The number of aromatic nitrogens is 2. The highest BCUT2D eigenvalue weighted by atomic mass is 19.1. The second kappa shape index (κ2) is 9.02. The highest BCUT2D eigenvalue weighted by Gasteiger charge is 2.29. The molecule has 5 nitrogen and oxygen atoms in total. The number of hydrogen-bond donors (Lipinski definition) is 0. The van der Waals surface area contributed by atoms with E-state index in [2.05, 4.69) is 42.5 Å². The quantitative estimate of drug-likeness (QED) is 0.535. The van der Waals surface area contributed by atoms with Gasteiger partial charge in [-0.3, -0.25) is 0 Å². The maximum absolute atomic E-state index is 14.8. The Morgan fingerprint density at radius 3 is 2.70 bits per heavy atom. The van der Waals surface area contributed by atoms with Gasteiger partial charge in [-0.25, -0.2) is 4.98 Å². The van der Waals surface area contributed by atoms with Gasteiger partial charge in [-0.1, -0.05) is 24.6 Å². The van der Waals surface area contributed by atoms with Crippen LogP contribution in [0.25, 0.3) is 0 Å². The van der Waals surface area contributed by atoms with Crippen molar-refractivity contribution in [2.45, 2.75) is 51.6 Å². The summed E-state index contributed by atoms with van der Waals surface area (Å²) in [5.41, 5.74) is 2.46. The summed E-state index contributed by atoms with van der Waals surface area (Å²) < 4.78 is 26.5. The number of rotatable bonds is 9. The lowest BCUT2D eigenvalue weighted by Gasteiger charge is -2.19. The van der Waals surface area contributed by atoms with Crippen LogP contribution < -0.4 is 14.4 Å². The molecule has 1 unspecified atom stereocenters. The fourth-order valence-electron chi connectivity index (χ4n) is 3.87. The van der Waals surface area contributed by atoms with Gasteiger partial charge < -0.3 is 14.4 Å². The van der Waals surface area contributed by atoms with E-state index in [4.69, 9.17) is 9.47 Å². The van der Waals surface area contributed by atoms with E-state index in [0.717, 1.165) is 31.4 Å². The third kappa shape index (κ3) is 5.10. The summed E-state index contributed by atoms with van der Waals surface area (Å²) in [7, 11) is 0. The van der Waals surface area contributed by atoms with Gasteiger partial charge in [-0.2, -0.15) is 9.37 Å². The van der Waals surface area contributed by atoms with Crippen LogP contribution >= 0.6 is 0 Å². The van der Waals surface area contributed by atoms with Gasteiger partial charge in [-0.05, 0) is 55.7 Å². The average molecular weight is 412 g/mol. The first kappa shape index (κ1) is 20.6. The normalized spacial score (nSPS) is 19.6. The Bertz CT molecular complexity index is 883. The average Bonchev–Trinajstić information content (AvgIpc) is 3.44. The van der Waals surface area contributed by atoms with E-state index in [-0.39, 0.29) is 12.0 Å². The molecule has 0 bridgehead atoms. The largest absolute Gasteiger partial charge is 0.489 e. The minimum Gasteiger partial charge on any atom is -0.489 e. The molecule has 2 atom stereocenters. The van der Waals surface area contributed by atoms with Crippen molar-refractivity contribution in [3.05, 3.63) is 54.1 Å². The molecule has 2 heterocycles. The van der Waals surface area contributed by atoms with E-state index in [1.165, 1.54) is 17.5 Å². The number of hydrogen-bond acceptors (Lipinski definition) is 5. The van der Waals surface area contributed by atoms with Gasteiger partial charge in [0.25, 0.3) is 5.88 Å². The highest BCUT2D eigenvalue weighted by Crippen LogP contribution is 2.32. The van der Waals surface area contributed by atoms with Crippen LogP contribution in [0.1, 0.15) is 51.0 Å². The molecular weight excluding hydrogens is 381 g/mol. The Kier molecular flexibility index (Phi) is 6.21. The van der Waals surface area contributed by atoms with E-state index >= 15 is 0 Å². The fraction of sp³-hybridized carbons (Fsp3) is 0.500. The van der Waals surface area contributed by atoms with Crippen molar-refractivity contribution in [1.82, 2.24) is 9.97 Å². The minimum atomic E-state index is -0.477. The number of benzene rings is 1. The maximum atomic E-state index is 14.8. The molecule has 1 aromatic carbocycles. The van der Waals surface area contributed by atoms with Crippen molar-refractivity contribution in [3.63, 3.8) is 0 Å². The zero-order valence-corrected chi connectivity index (χ0v) is 17.8. The van der Waals surface area contributed by atoms with E-state index in [1.54, 1.807) is 0 Å². The van der Waals surface area contributed by atoms with Gasteiger partial charge in [0, 0.05) is 13.0 Å². The second-order valence-corrected chi connectivity index (χ2v) is 8.68. The lowest BCUT2D eigenvalue weighted by Crippen LogP contribution is -2.26. The Balaban J connectivity index is 1.34. The van der Waals surface area contributed by atoms with Crippen molar-refractivity contribution in [1.29, 1.82) is 0 Å². The topological polar surface area (TPSA) is 47.5 Å². The van der Waals surface area contributed by atoms with Gasteiger partial charge in [0.05, 0.1) is 13.2 Å². The molecule has 4 rings (SSSR count). The summed E-state index contributed by atoms with van der Waals surface area (Å²) in [6.07, 6.45) is 5.47. The lowest BCUT2D eigenvalue weighted by atomic mass is 9.95. The molecule has 0 radical (unpaired) electrons. The van der Waals surface area contributed by atoms with Crippen LogP contribution in [0, 0.1) is 11.7 Å². The van der Waals surface area contributed by atoms with E-state index < -0.39 is 5.82 Å². The first-order valence-corrected chi connectivity index (χ1v) is 10.8. The molecule has 1 aliphatic heterocycles. The third-order valence-electron chi connectivity index (χ3n) is 5.74. The van der Waals surface area contributed by atoms with Gasteiger partial charge in [0.1, 0.15) is 18.2 Å². The van der Waals surface area contributed by atoms with Gasteiger partial charge in [0.15, 0.2) is 5.82 Å². The molecule has 2 aromatic rings. The molecule has 1 saturated carbocycles. The SMILES string of the molecule is C=C(C)C[C@@H](C)c1ccc(OC2CCN(c3ncnc(OCC4CC4)c3F)C2)cc1. The Morgan fingerprint density at radius 2 is 2.00 bits per heavy atom. The van der Waals surface area contributed by atoms with Crippen molar-refractivity contribution in [3.8, 4) is 11.6 Å². The summed E-state index contributed by atoms with van der Waals surface area (Å²) in [6.45, 7) is 10.1. The number of allylic oxidation sites excluding steroid dienone is 1. The van der Waals surface area contributed by atoms with Crippen LogP contribution in [0.3, 0.4) is 0 Å². The first-order valence-electron chi connectivity index (χ1n) is 10.8. The van der Waals surface area contributed by atoms with Crippen molar-refractivity contribution < 1.29 is 13.9 Å². The molecule has 0 amide bonds. The van der Waals surface area contributed by atoms with Crippen LogP contribution in [0.15, 0.2) is 42.7 Å². The second-order valence-electron chi connectivity index (χ2n) is 8.68. The van der Waals surface area contributed by atoms with E-state index in [9.17, 15) is 4.39 Å². The predicted molar refractivity (Wildman–Crippen MR) is 116 cm³/mol. The van der Waals surface area contributed by atoms with Gasteiger partial charge in [-0.15, -0.1) is 6.58 Å².